The van der Waals surface area contributed by atoms with E-state index in [2.05, 4.69) is 242 Å². The average Bonchev–Trinajstić information content (AvgIpc) is 3.64. The fourth-order valence-corrected chi connectivity index (χ4v) is 10.9. The lowest BCUT2D eigenvalue weighted by molar-refractivity contribution is 0.661. The first-order chi connectivity index (χ1) is 34.0. The maximum Gasteiger partial charge on any atom is 0.0703 e. The van der Waals surface area contributed by atoms with Crippen molar-refractivity contribution >= 4 is 77.5 Å². The second-order valence-electron chi connectivity index (χ2n) is 18.6. The Hall–Kier alpha value is -8.86. The normalized spacial score (nSPS) is 12.6. The Morgan fingerprint density at radius 2 is 0.754 bits per heavy atom. The number of hydrogen-bond acceptors (Lipinski definition) is 4. The molecule has 4 nitrogen and oxygen atoms in total. The predicted octanol–water partition coefficient (Wildman–Crippen LogP) is 17.7. The van der Waals surface area contributed by atoms with Crippen molar-refractivity contribution < 1.29 is 0 Å². The van der Waals surface area contributed by atoms with Crippen molar-refractivity contribution in [1.82, 2.24) is 9.97 Å². The number of benzene rings is 10. The van der Waals surface area contributed by atoms with Gasteiger partial charge in [0.25, 0.3) is 0 Å². The molecule has 0 saturated carbocycles. The van der Waals surface area contributed by atoms with Gasteiger partial charge in [0.2, 0.25) is 0 Å². The molecule has 0 fully saturated rings. The molecule has 0 amide bonds. The zero-order valence-corrected chi connectivity index (χ0v) is 38.4. The van der Waals surface area contributed by atoms with E-state index in [9.17, 15) is 0 Å². The molecule has 13 rings (SSSR count). The standard InChI is InChI=1S/C65H46N4/c1-65(2)59-24-12-11-21-53(59)56-41-57-58(42-60(56)65)64(69(52-34-36-62-48(40-52)20-14-38-67-62)50-31-27-46(28-32-50)44-17-7-4-8-18-44)55-23-10-9-22-54(55)63(57)68(51-33-35-61-47(39-51)19-13-37-66-61)49-29-25-45(26-30-49)43-15-5-3-6-16-43/h3-42H,1-2H3. The molecular weight excluding hydrogens is 837 g/mol. The number of rotatable bonds is 8. The van der Waals surface area contributed by atoms with Crippen LogP contribution in [0.5, 0.6) is 0 Å². The van der Waals surface area contributed by atoms with Crippen molar-refractivity contribution in [2.24, 2.45) is 0 Å². The minimum absolute atomic E-state index is 0.238. The van der Waals surface area contributed by atoms with Crippen LogP contribution < -0.4 is 9.80 Å². The zero-order chi connectivity index (χ0) is 46.1. The largest absolute Gasteiger partial charge is 0.309 e. The van der Waals surface area contributed by atoms with E-state index in [0.29, 0.717) is 0 Å². The molecule has 1 aliphatic rings. The fraction of sp³-hybridized carbons (Fsp3) is 0.0462. The van der Waals surface area contributed by atoms with Crippen molar-refractivity contribution in [2.75, 3.05) is 9.80 Å². The van der Waals surface area contributed by atoms with Gasteiger partial charge in [-0.15, -0.1) is 0 Å². The molecule has 0 bridgehead atoms. The van der Waals surface area contributed by atoms with E-state index < -0.39 is 0 Å². The van der Waals surface area contributed by atoms with E-state index in [1.165, 1.54) is 44.5 Å². The topological polar surface area (TPSA) is 32.3 Å². The number of nitrogens with zero attached hydrogens (tertiary/aromatic N) is 4. The molecule has 0 saturated heterocycles. The first-order valence-corrected chi connectivity index (χ1v) is 23.7. The molecule has 1 aliphatic carbocycles. The van der Waals surface area contributed by atoms with Gasteiger partial charge < -0.3 is 9.80 Å². The van der Waals surface area contributed by atoms with E-state index >= 15 is 0 Å². The summed E-state index contributed by atoms with van der Waals surface area (Å²) < 4.78 is 0. The number of pyridine rings is 2. The summed E-state index contributed by atoms with van der Waals surface area (Å²) in [4.78, 5) is 14.5. The third kappa shape index (κ3) is 6.75. The Morgan fingerprint density at radius 3 is 1.28 bits per heavy atom. The van der Waals surface area contributed by atoms with Crippen LogP contribution in [0.15, 0.2) is 243 Å². The lowest BCUT2D eigenvalue weighted by atomic mass is 9.81. The zero-order valence-electron chi connectivity index (χ0n) is 38.4. The molecule has 12 aromatic rings. The molecule has 0 atom stereocenters. The molecule has 0 spiro atoms. The number of aromatic nitrogens is 2. The molecule has 69 heavy (non-hydrogen) atoms. The van der Waals surface area contributed by atoms with Crippen molar-refractivity contribution in [3.63, 3.8) is 0 Å². The quantitative estimate of drug-likeness (QED) is 0.112. The molecule has 2 heterocycles. The van der Waals surface area contributed by atoms with E-state index in [4.69, 9.17) is 9.97 Å². The summed E-state index contributed by atoms with van der Waals surface area (Å²) in [5, 5.41) is 6.76. The minimum atomic E-state index is -0.238. The maximum atomic E-state index is 4.75. The highest BCUT2D eigenvalue weighted by Gasteiger charge is 2.37. The molecule has 4 heteroatoms. The van der Waals surface area contributed by atoms with Crippen molar-refractivity contribution in [1.29, 1.82) is 0 Å². The van der Waals surface area contributed by atoms with Crippen molar-refractivity contribution in [3.8, 4) is 33.4 Å². The Morgan fingerprint density at radius 1 is 0.319 bits per heavy atom. The second-order valence-corrected chi connectivity index (χ2v) is 18.6. The highest BCUT2D eigenvalue weighted by Crippen LogP contribution is 2.56. The van der Waals surface area contributed by atoms with Gasteiger partial charge in [-0.3, -0.25) is 9.97 Å². The highest BCUT2D eigenvalue weighted by molar-refractivity contribution is 6.24. The van der Waals surface area contributed by atoms with Crippen LogP contribution in [0.3, 0.4) is 0 Å². The fourth-order valence-electron chi connectivity index (χ4n) is 10.9. The van der Waals surface area contributed by atoms with Crippen LogP contribution in [-0.2, 0) is 5.41 Å². The van der Waals surface area contributed by atoms with Crippen LogP contribution in [0, 0.1) is 0 Å². The van der Waals surface area contributed by atoms with Crippen LogP contribution in [0.2, 0.25) is 0 Å². The number of anilines is 6. The Balaban J connectivity index is 1.15. The van der Waals surface area contributed by atoms with Crippen LogP contribution in [-0.4, -0.2) is 9.97 Å². The van der Waals surface area contributed by atoms with E-state index in [1.54, 1.807) is 0 Å². The van der Waals surface area contributed by atoms with Crippen molar-refractivity contribution in [2.45, 2.75) is 19.3 Å². The third-order valence-corrected chi connectivity index (χ3v) is 14.3. The minimum Gasteiger partial charge on any atom is -0.309 e. The molecule has 2 aromatic heterocycles. The SMILES string of the molecule is CC1(C)c2ccccc2-c2cc3c(N(c4ccc(-c5ccccc5)cc4)c4ccc5ncccc5c4)c4ccccc4c(N(c4ccc(-c5ccccc5)cc4)c4ccc5ncccc5c4)c3cc21. The molecule has 0 N–H and O–H groups in total. The van der Waals surface area contributed by atoms with Gasteiger partial charge in [0.15, 0.2) is 0 Å². The third-order valence-electron chi connectivity index (χ3n) is 14.3. The average molecular weight is 883 g/mol. The summed E-state index contributed by atoms with van der Waals surface area (Å²) >= 11 is 0. The monoisotopic (exact) mass is 882 g/mol. The molecule has 0 unspecified atom stereocenters. The van der Waals surface area contributed by atoms with Gasteiger partial charge in [-0.05, 0) is 129 Å². The molecule has 326 valence electrons. The lowest BCUT2D eigenvalue weighted by Gasteiger charge is -2.34. The van der Waals surface area contributed by atoms with Gasteiger partial charge in [0.1, 0.15) is 0 Å². The maximum absolute atomic E-state index is 4.75. The number of fused-ring (bicyclic) bond motifs is 7. The van der Waals surface area contributed by atoms with E-state index in [1.807, 2.05) is 24.5 Å². The summed E-state index contributed by atoms with van der Waals surface area (Å²) in [6.45, 7) is 4.76. The Labute approximate surface area is 402 Å². The molecule has 10 aromatic carbocycles. The van der Waals surface area contributed by atoms with Crippen LogP contribution in [0.25, 0.3) is 76.7 Å². The van der Waals surface area contributed by atoms with Gasteiger partial charge in [-0.25, -0.2) is 0 Å². The van der Waals surface area contributed by atoms with Gasteiger partial charge in [-0.1, -0.05) is 159 Å². The smallest absolute Gasteiger partial charge is 0.0703 e. The highest BCUT2D eigenvalue weighted by atomic mass is 15.2. The first-order valence-electron chi connectivity index (χ1n) is 23.7. The summed E-state index contributed by atoms with van der Waals surface area (Å²) in [6.07, 6.45) is 3.74. The summed E-state index contributed by atoms with van der Waals surface area (Å²) in [5.74, 6) is 0. The van der Waals surface area contributed by atoms with Gasteiger partial charge in [-0.2, -0.15) is 0 Å². The predicted molar refractivity (Wildman–Crippen MR) is 290 cm³/mol. The number of hydrogen-bond donors (Lipinski definition) is 0. The Kier molecular flexibility index (Phi) is 9.48. The summed E-state index contributed by atoms with van der Waals surface area (Å²) in [5.41, 5.74) is 18.1. The van der Waals surface area contributed by atoms with Crippen LogP contribution in [0.4, 0.5) is 34.1 Å². The van der Waals surface area contributed by atoms with Crippen LogP contribution >= 0.6 is 0 Å². The Bertz CT molecular complexity index is 3920. The second kappa shape index (κ2) is 16.2. The first kappa shape index (κ1) is 40.4. The molecule has 0 aliphatic heterocycles. The lowest BCUT2D eigenvalue weighted by Crippen LogP contribution is -2.17. The van der Waals surface area contributed by atoms with E-state index in [0.717, 1.165) is 77.5 Å². The molecule has 0 radical (unpaired) electrons. The van der Waals surface area contributed by atoms with Crippen LogP contribution in [0.1, 0.15) is 25.0 Å². The van der Waals surface area contributed by atoms with Gasteiger partial charge in [0, 0.05) is 72.9 Å². The summed E-state index contributed by atoms with van der Waals surface area (Å²) in [6, 6.07) is 84.1. The van der Waals surface area contributed by atoms with Gasteiger partial charge >= 0.3 is 0 Å². The van der Waals surface area contributed by atoms with E-state index in [-0.39, 0.29) is 5.41 Å². The summed E-state index contributed by atoms with van der Waals surface area (Å²) in [7, 11) is 0. The van der Waals surface area contributed by atoms with Gasteiger partial charge in [0.05, 0.1) is 22.4 Å². The van der Waals surface area contributed by atoms with Crippen molar-refractivity contribution in [3.05, 3.63) is 254 Å². The molecular formula is C65H46N4.